The molecular weight excluding hydrogens is 412 g/mol. The van der Waals surface area contributed by atoms with Crippen LogP contribution in [0, 0.1) is 11.3 Å². The van der Waals surface area contributed by atoms with Crippen molar-refractivity contribution in [3.63, 3.8) is 0 Å². The lowest BCUT2D eigenvalue weighted by molar-refractivity contribution is 0.477. The number of aromatic nitrogens is 2. The lowest BCUT2D eigenvalue weighted by Gasteiger charge is -2.12. The molecule has 0 atom stereocenters. The van der Waals surface area contributed by atoms with Crippen LogP contribution in [0.1, 0.15) is 5.56 Å². The van der Waals surface area contributed by atoms with E-state index in [1.54, 1.807) is 30.5 Å². The standard InChI is InChI=1S/C15H8Br2N4O/c16-7-1-2-12(22)9(3-7)13-10-4-8(17)6-20-15(10)21-14(19)11(13)5-18/h1-4,6,22H,(H2,19,20,21). The van der Waals surface area contributed by atoms with Gasteiger partial charge in [0.15, 0.2) is 5.65 Å². The van der Waals surface area contributed by atoms with E-state index in [1.807, 2.05) is 0 Å². The summed E-state index contributed by atoms with van der Waals surface area (Å²) in [6.07, 6.45) is 1.60. The molecule has 0 radical (unpaired) electrons. The highest BCUT2D eigenvalue weighted by Crippen LogP contribution is 2.39. The Morgan fingerprint density at radius 1 is 1.18 bits per heavy atom. The Morgan fingerprint density at radius 3 is 2.68 bits per heavy atom. The van der Waals surface area contributed by atoms with Crippen LogP contribution in [0.5, 0.6) is 5.75 Å². The van der Waals surface area contributed by atoms with Crippen molar-refractivity contribution in [2.45, 2.75) is 0 Å². The van der Waals surface area contributed by atoms with E-state index in [9.17, 15) is 10.4 Å². The number of hydrogen-bond acceptors (Lipinski definition) is 5. The Bertz CT molecular complexity index is 950. The summed E-state index contributed by atoms with van der Waals surface area (Å²) in [5.74, 6) is 0.130. The number of aromatic hydroxyl groups is 1. The Kier molecular flexibility index (Phi) is 3.72. The minimum absolute atomic E-state index is 0.0478. The first-order chi connectivity index (χ1) is 10.5. The second kappa shape index (κ2) is 5.55. The SMILES string of the molecule is N#Cc1c(N)nc2ncc(Br)cc2c1-c1cc(Br)ccc1O. The minimum atomic E-state index is 0.0478. The maximum atomic E-state index is 10.2. The van der Waals surface area contributed by atoms with Gasteiger partial charge in [-0.15, -0.1) is 0 Å². The van der Waals surface area contributed by atoms with Crippen LogP contribution in [0.15, 0.2) is 39.4 Å². The van der Waals surface area contributed by atoms with Crippen molar-refractivity contribution >= 4 is 48.7 Å². The predicted octanol–water partition coefficient (Wildman–Crippen LogP) is 3.98. The molecule has 0 aliphatic carbocycles. The molecule has 2 heterocycles. The summed E-state index contributed by atoms with van der Waals surface area (Å²) in [4.78, 5) is 8.37. The molecule has 5 nitrogen and oxygen atoms in total. The average molecular weight is 420 g/mol. The van der Waals surface area contributed by atoms with Crippen LogP contribution < -0.4 is 5.73 Å². The van der Waals surface area contributed by atoms with Gasteiger partial charge < -0.3 is 10.8 Å². The maximum absolute atomic E-state index is 10.2. The second-order valence-corrected chi connectivity index (χ2v) is 6.38. The number of nitrogens with zero attached hydrogens (tertiary/aromatic N) is 3. The van der Waals surface area contributed by atoms with Crippen molar-refractivity contribution < 1.29 is 5.11 Å². The lowest BCUT2D eigenvalue weighted by Crippen LogP contribution is -2.00. The number of fused-ring (bicyclic) bond motifs is 1. The summed E-state index contributed by atoms with van der Waals surface area (Å²) in [6.45, 7) is 0. The van der Waals surface area contributed by atoms with Crippen LogP contribution >= 0.6 is 31.9 Å². The monoisotopic (exact) mass is 418 g/mol. The highest BCUT2D eigenvalue weighted by atomic mass is 79.9. The first-order valence-electron chi connectivity index (χ1n) is 6.15. The predicted molar refractivity (Wildman–Crippen MR) is 91.2 cm³/mol. The number of hydrogen-bond donors (Lipinski definition) is 2. The van der Waals surface area contributed by atoms with Gasteiger partial charge in [-0.25, -0.2) is 9.97 Å². The molecule has 0 bridgehead atoms. The molecule has 3 rings (SSSR count). The summed E-state index contributed by atoms with van der Waals surface area (Å²) in [5, 5.41) is 20.3. The topological polar surface area (TPSA) is 95.8 Å². The van der Waals surface area contributed by atoms with E-state index >= 15 is 0 Å². The molecule has 22 heavy (non-hydrogen) atoms. The van der Waals surface area contributed by atoms with Gasteiger partial charge in [-0.05, 0) is 40.2 Å². The fourth-order valence-electron chi connectivity index (χ4n) is 2.24. The summed E-state index contributed by atoms with van der Waals surface area (Å²) < 4.78 is 1.52. The van der Waals surface area contributed by atoms with E-state index in [0.29, 0.717) is 22.2 Å². The summed E-state index contributed by atoms with van der Waals surface area (Å²) in [7, 11) is 0. The number of anilines is 1. The highest BCUT2D eigenvalue weighted by Gasteiger charge is 2.18. The van der Waals surface area contributed by atoms with E-state index in [4.69, 9.17) is 5.73 Å². The number of benzene rings is 1. The van der Waals surface area contributed by atoms with Gasteiger partial charge in [0.1, 0.15) is 23.2 Å². The van der Waals surface area contributed by atoms with E-state index in [2.05, 4.69) is 47.9 Å². The summed E-state index contributed by atoms with van der Waals surface area (Å²) in [6, 6.07) is 8.85. The van der Waals surface area contributed by atoms with Crippen molar-refractivity contribution in [1.29, 1.82) is 5.26 Å². The highest BCUT2D eigenvalue weighted by molar-refractivity contribution is 9.10. The Balaban J connectivity index is 2.53. The number of nitriles is 1. The molecular formula is C15H8Br2N4O. The van der Waals surface area contributed by atoms with Crippen molar-refractivity contribution in [2.75, 3.05) is 5.73 Å². The van der Waals surface area contributed by atoms with Gasteiger partial charge in [0.2, 0.25) is 0 Å². The molecule has 3 aromatic rings. The van der Waals surface area contributed by atoms with Crippen LogP contribution in [0.25, 0.3) is 22.2 Å². The fraction of sp³-hybridized carbons (Fsp3) is 0. The maximum Gasteiger partial charge on any atom is 0.162 e. The van der Waals surface area contributed by atoms with Crippen LogP contribution in [0.2, 0.25) is 0 Å². The van der Waals surface area contributed by atoms with E-state index in [1.165, 1.54) is 0 Å². The zero-order valence-corrected chi connectivity index (χ0v) is 14.2. The molecule has 108 valence electrons. The molecule has 0 aliphatic heterocycles. The largest absolute Gasteiger partial charge is 0.507 e. The average Bonchev–Trinajstić information content (AvgIpc) is 2.49. The van der Waals surface area contributed by atoms with Gasteiger partial charge in [0, 0.05) is 31.7 Å². The molecule has 7 heteroatoms. The zero-order valence-electron chi connectivity index (χ0n) is 11.0. The van der Waals surface area contributed by atoms with E-state index in [-0.39, 0.29) is 17.1 Å². The number of phenolic OH excluding ortho intramolecular Hbond substituents is 1. The molecule has 0 fully saturated rings. The van der Waals surface area contributed by atoms with Gasteiger partial charge in [-0.2, -0.15) is 5.26 Å². The third kappa shape index (κ3) is 2.40. The van der Waals surface area contributed by atoms with Gasteiger partial charge in [-0.1, -0.05) is 15.9 Å². The Labute approximate surface area is 142 Å². The number of phenols is 1. The summed E-state index contributed by atoms with van der Waals surface area (Å²) >= 11 is 6.73. The van der Waals surface area contributed by atoms with Crippen LogP contribution in [0.4, 0.5) is 5.82 Å². The first kappa shape index (κ1) is 14.8. The molecule has 3 N–H and O–H groups in total. The molecule has 2 aromatic heterocycles. The van der Waals surface area contributed by atoms with E-state index < -0.39 is 0 Å². The smallest absolute Gasteiger partial charge is 0.162 e. The normalized spacial score (nSPS) is 10.6. The van der Waals surface area contributed by atoms with Gasteiger partial charge >= 0.3 is 0 Å². The number of halogens is 2. The molecule has 0 spiro atoms. The Morgan fingerprint density at radius 2 is 1.95 bits per heavy atom. The van der Waals surface area contributed by atoms with Crippen molar-refractivity contribution in [1.82, 2.24) is 9.97 Å². The fourth-order valence-corrected chi connectivity index (χ4v) is 2.93. The number of nitrogens with two attached hydrogens (primary N) is 1. The zero-order chi connectivity index (χ0) is 15.9. The number of nitrogen functional groups attached to an aromatic ring is 1. The van der Waals surface area contributed by atoms with Crippen LogP contribution in [0.3, 0.4) is 0 Å². The number of pyridine rings is 2. The molecule has 0 unspecified atom stereocenters. The second-order valence-electron chi connectivity index (χ2n) is 4.55. The number of rotatable bonds is 1. The molecule has 0 saturated carbocycles. The Hall–Kier alpha value is -2.17. The molecule has 0 amide bonds. The van der Waals surface area contributed by atoms with Crippen LogP contribution in [-0.2, 0) is 0 Å². The molecule has 1 aromatic carbocycles. The van der Waals surface area contributed by atoms with Crippen LogP contribution in [-0.4, -0.2) is 15.1 Å². The summed E-state index contributed by atoms with van der Waals surface area (Å²) in [5.41, 5.74) is 7.51. The molecule has 0 saturated heterocycles. The minimum Gasteiger partial charge on any atom is -0.507 e. The quantitative estimate of drug-likeness (QED) is 0.621. The van der Waals surface area contributed by atoms with Crippen molar-refractivity contribution in [3.8, 4) is 22.9 Å². The van der Waals surface area contributed by atoms with E-state index in [0.717, 1.165) is 8.95 Å². The van der Waals surface area contributed by atoms with Gasteiger partial charge in [-0.3, -0.25) is 0 Å². The van der Waals surface area contributed by atoms with Crippen molar-refractivity contribution in [2.24, 2.45) is 0 Å². The first-order valence-corrected chi connectivity index (χ1v) is 7.73. The van der Waals surface area contributed by atoms with Gasteiger partial charge in [0.25, 0.3) is 0 Å². The lowest BCUT2D eigenvalue weighted by atomic mass is 9.97. The third-order valence-corrected chi connectivity index (χ3v) is 4.10. The van der Waals surface area contributed by atoms with Gasteiger partial charge in [0.05, 0.1) is 0 Å². The van der Waals surface area contributed by atoms with Crippen molar-refractivity contribution in [3.05, 3.63) is 45.0 Å². The molecule has 0 aliphatic rings. The third-order valence-electron chi connectivity index (χ3n) is 3.17.